The van der Waals surface area contributed by atoms with E-state index in [0.29, 0.717) is 28.9 Å². The fourth-order valence-corrected chi connectivity index (χ4v) is 4.59. The SMILES string of the molecule is COc1ccc(-c2onc(N3CCCN(C4CCCCC4)CC3)c2C(=O)O)cc1. The number of carboxylic acid groups (broad SMARTS) is 1. The highest BCUT2D eigenvalue weighted by molar-refractivity contribution is 5.99. The lowest BCUT2D eigenvalue weighted by molar-refractivity contribution is 0.0698. The van der Waals surface area contributed by atoms with E-state index in [-0.39, 0.29) is 5.56 Å². The molecule has 2 aliphatic rings. The minimum absolute atomic E-state index is 0.140. The second-order valence-electron chi connectivity index (χ2n) is 7.91. The van der Waals surface area contributed by atoms with Crippen LogP contribution in [0.15, 0.2) is 28.8 Å². The van der Waals surface area contributed by atoms with E-state index in [1.165, 1.54) is 32.1 Å². The first-order valence-corrected chi connectivity index (χ1v) is 10.5. The van der Waals surface area contributed by atoms with Crippen LogP contribution in [0.1, 0.15) is 48.9 Å². The Kier molecular flexibility index (Phi) is 6.04. The zero-order chi connectivity index (χ0) is 20.2. The Labute approximate surface area is 171 Å². The van der Waals surface area contributed by atoms with E-state index in [2.05, 4.69) is 15.0 Å². The van der Waals surface area contributed by atoms with Crippen molar-refractivity contribution in [3.8, 4) is 17.1 Å². The number of rotatable bonds is 5. The highest BCUT2D eigenvalue weighted by Gasteiger charge is 2.30. The number of aromatic nitrogens is 1. The summed E-state index contributed by atoms with van der Waals surface area (Å²) in [6.45, 7) is 3.56. The molecule has 2 heterocycles. The van der Waals surface area contributed by atoms with Gasteiger partial charge in [-0.3, -0.25) is 4.90 Å². The van der Waals surface area contributed by atoms with Gasteiger partial charge in [0.15, 0.2) is 17.1 Å². The van der Waals surface area contributed by atoms with Gasteiger partial charge in [-0.1, -0.05) is 24.4 Å². The number of nitrogens with zero attached hydrogens (tertiary/aromatic N) is 3. The maximum Gasteiger partial charge on any atom is 0.343 e. The molecule has 7 heteroatoms. The molecule has 1 saturated heterocycles. The Hall–Kier alpha value is -2.54. The number of methoxy groups -OCH3 is 1. The minimum Gasteiger partial charge on any atom is -0.497 e. The first kappa shape index (κ1) is 19.8. The van der Waals surface area contributed by atoms with Gasteiger partial charge in [0, 0.05) is 37.8 Å². The molecule has 29 heavy (non-hydrogen) atoms. The number of hydrogen-bond donors (Lipinski definition) is 1. The van der Waals surface area contributed by atoms with Crippen molar-refractivity contribution in [2.24, 2.45) is 0 Å². The first-order valence-electron chi connectivity index (χ1n) is 10.5. The third-order valence-electron chi connectivity index (χ3n) is 6.16. The van der Waals surface area contributed by atoms with Gasteiger partial charge in [-0.05, 0) is 43.5 Å². The van der Waals surface area contributed by atoms with Crippen LogP contribution in [-0.2, 0) is 0 Å². The minimum atomic E-state index is -1.01. The number of benzene rings is 1. The fraction of sp³-hybridized carbons (Fsp3) is 0.545. The predicted octanol–water partition coefficient (Wildman–Crippen LogP) is 3.89. The van der Waals surface area contributed by atoms with Crippen LogP contribution in [0, 0.1) is 0 Å². The standard InChI is InChI=1S/C22H29N3O4/c1-28-18-10-8-16(9-11-18)20-19(22(26)27)21(23-29-20)25-13-5-12-24(14-15-25)17-6-3-2-4-7-17/h8-11,17H,2-7,12-15H2,1H3,(H,26,27). The lowest BCUT2D eigenvalue weighted by atomic mass is 9.94. The molecule has 1 aromatic carbocycles. The van der Waals surface area contributed by atoms with Crippen LogP contribution in [0.2, 0.25) is 0 Å². The molecule has 156 valence electrons. The van der Waals surface area contributed by atoms with Crippen molar-refractivity contribution in [1.82, 2.24) is 10.1 Å². The van der Waals surface area contributed by atoms with Crippen LogP contribution < -0.4 is 9.64 Å². The third kappa shape index (κ3) is 4.24. The molecule has 0 unspecified atom stereocenters. The van der Waals surface area contributed by atoms with E-state index >= 15 is 0 Å². The molecule has 1 saturated carbocycles. The Morgan fingerprint density at radius 3 is 2.52 bits per heavy atom. The maximum absolute atomic E-state index is 12.1. The third-order valence-corrected chi connectivity index (χ3v) is 6.16. The van der Waals surface area contributed by atoms with Gasteiger partial charge in [-0.15, -0.1) is 0 Å². The van der Waals surface area contributed by atoms with Crippen LogP contribution in [0.4, 0.5) is 5.82 Å². The van der Waals surface area contributed by atoms with Crippen LogP contribution in [0.5, 0.6) is 5.75 Å². The summed E-state index contributed by atoms with van der Waals surface area (Å²) < 4.78 is 10.7. The molecule has 1 aliphatic carbocycles. The summed E-state index contributed by atoms with van der Waals surface area (Å²) in [6, 6.07) is 7.84. The van der Waals surface area contributed by atoms with E-state index < -0.39 is 5.97 Å². The number of hydrogen-bond acceptors (Lipinski definition) is 6. The highest BCUT2D eigenvalue weighted by Crippen LogP contribution is 2.33. The molecule has 0 atom stereocenters. The summed E-state index contributed by atoms with van der Waals surface area (Å²) in [5.41, 5.74) is 0.821. The molecule has 0 radical (unpaired) electrons. The van der Waals surface area contributed by atoms with Crippen molar-refractivity contribution >= 4 is 11.8 Å². The van der Waals surface area contributed by atoms with Gasteiger partial charge in [0.25, 0.3) is 0 Å². The van der Waals surface area contributed by atoms with Gasteiger partial charge < -0.3 is 19.3 Å². The van der Waals surface area contributed by atoms with Crippen molar-refractivity contribution in [2.45, 2.75) is 44.6 Å². The van der Waals surface area contributed by atoms with E-state index in [4.69, 9.17) is 9.26 Å². The zero-order valence-corrected chi connectivity index (χ0v) is 17.0. The van der Waals surface area contributed by atoms with Gasteiger partial charge in [-0.2, -0.15) is 0 Å². The van der Waals surface area contributed by atoms with Gasteiger partial charge in [-0.25, -0.2) is 4.79 Å². The van der Waals surface area contributed by atoms with Crippen molar-refractivity contribution in [3.05, 3.63) is 29.8 Å². The van der Waals surface area contributed by atoms with E-state index in [0.717, 1.165) is 32.6 Å². The smallest absolute Gasteiger partial charge is 0.343 e. The molecule has 2 fully saturated rings. The Morgan fingerprint density at radius 2 is 1.83 bits per heavy atom. The van der Waals surface area contributed by atoms with Gasteiger partial charge in [0.05, 0.1) is 7.11 Å². The van der Waals surface area contributed by atoms with Crippen LogP contribution in [0.3, 0.4) is 0 Å². The first-order chi connectivity index (χ1) is 14.2. The molecule has 4 rings (SSSR count). The number of aromatic carboxylic acids is 1. The monoisotopic (exact) mass is 399 g/mol. The number of ether oxygens (including phenoxy) is 1. The largest absolute Gasteiger partial charge is 0.497 e. The molecule has 2 aromatic rings. The summed E-state index contributed by atoms with van der Waals surface area (Å²) in [5, 5.41) is 14.1. The molecule has 0 amide bonds. The summed E-state index contributed by atoms with van der Waals surface area (Å²) in [5.74, 6) is 0.429. The van der Waals surface area contributed by atoms with Gasteiger partial charge in [0.1, 0.15) is 5.75 Å². The second kappa shape index (κ2) is 8.86. The Balaban J connectivity index is 1.54. The molecule has 1 aliphatic heterocycles. The second-order valence-corrected chi connectivity index (χ2v) is 7.91. The van der Waals surface area contributed by atoms with Crippen molar-refractivity contribution in [1.29, 1.82) is 0 Å². The summed E-state index contributed by atoms with van der Waals surface area (Å²) in [6.07, 6.45) is 7.56. The predicted molar refractivity (Wildman–Crippen MR) is 111 cm³/mol. The molecular weight excluding hydrogens is 370 g/mol. The van der Waals surface area contributed by atoms with Crippen LogP contribution >= 0.6 is 0 Å². The quantitative estimate of drug-likeness (QED) is 0.817. The number of anilines is 1. The normalized spacial score (nSPS) is 19.1. The lowest BCUT2D eigenvalue weighted by Crippen LogP contribution is -2.39. The lowest BCUT2D eigenvalue weighted by Gasteiger charge is -2.33. The average Bonchev–Trinajstić information content (AvgIpc) is 3.06. The summed E-state index contributed by atoms with van der Waals surface area (Å²) >= 11 is 0. The van der Waals surface area contributed by atoms with E-state index in [1.807, 2.05) is 0 Å². The van der Waals surface area contributed by atoms with E-state index in [1.54, 1.807) is 31.4 Å². The zero-order valence-electron chi connectivity index (χ0n) is 17.0. The molecular formula is C22H29N3O4. The average molecular weight is 399 g/mol. The number of carboxylic acids is 1. The molecule has 0 bridgehead atoms. The Morgan fingerprint density at radius 1 is 1.07 bits per heavy atom. The van der Waals surface area contributed by atoms with Gasteiger partial charge >= 0.3 is 5.97 Å². The molecule has 1 aromatic heterocycles. The highest BCUT2D eigenvalue weighted by atomic mass is 16.5. The molecule has 7 nitrogen and oxygen atoms in total. The van der Waals surface area contributed by atoms with Crippen LogP contribution in [0.25, 0.3) is 11.3 Å². The number of carbonyl (C=O) groups is 1. The maximum atomic E-state index is 12.1. The van der Waals surface area contributed by atoms with Gasteiger partial charge in [0.2, 0.25) is 0 Å². The van der Waals surface area contributed by atoms with Crippen molar-refractivity contribution < 1.29 is 19.2 Å². The molecule has 1 N–H and O–H groups in total. The molecule has 0 spiro atoms. The van der Waals surface area contributed by atoms with Crippen molar-refractivity contribution in [3.63, 3.8) is 0 Å². The summed E-state index contributed by atoms with van der Waals surface area (Å²) in [4.78, 5) is 16.7. The van der Waals surface area contributed by atoms with Crippen molar-refractivity contribution in [2.75, 3.05) is 38.2 Å². The fourth-order valence-electron chi connectivity index (χ4n) is 4.59. The Bertz CT molecular complexity index is 827. The topological polar surface area (TPSA) is 79.0 Å². The van der Waals surface area contributed by atoms with Crippen LogP contribution in [-0.4, -0.2) is 60.5 Å². The summed E-state index contributed by atoms with van der Waals surface area (Å²) in [7, 11) is 1.60. The van der Waals surface area contributed by atoms with E-state index in [9.17, 15) is 9.90 Å².